The first kappa shape index (κ1) is 15.5. The molecule has 1 unspecified atom stereocenters. The van der Waals surface area contributed by atoms with Gasteiger partial charge in [-0.25, -0.2) is 0 Å². The van der Waals surface area contributed by atoms with Gasteiger partial charge >= 0.3 is 0 Å². The van der Waals surface area contributed by atoms with Crippen molar-refractivity contribution in [2.75, 3.05) is 18.4 Å². The number of likely N-dealkylation sites (tertiary alicyclic amines) is 1. The monoisotopic (exact) mass is 305 g/mol. The Morgan fingerprint density at radius 3 is 2.73 bits per heavy atom. The summed E-state index contributed by atoms with van der Waals surface area (Å²) in [5.74, 6) is 0.993. The van der Waals surface area contributed by atoms with Crippen molar-refractivity contribution >= 4 is 11.6 Å². The number of rotatable bonds is 3. The molecule has 1 saturated carbocycles. The second-order valence-electron chi connectivity index (χ2n) is 7.10. The minimum Gasteiger partial charge on any atom is -0.324 e. The molecule has 3 atom stereocenters. The van der Waals surface area contributed by atoms with E-state index in [2.05, 4.69) is 10.4 Å². The van der Waals surface area contributed by atoms with Crippen molar-refractivity contribution in [2.24, 2.45) is 13.0 Å². The highest BCUT2D eigenvalue weighted by molar-refractivity contribution is 5.92. The van der Waals surface area contributed by atoms with Gasteiger partial charge < -0.3 is 10.2 Å². The molecule has 1 aromatic rings. The summed E-state index contributed by atoms with van der Waals surface area (Å²) in [7, 11) is 1.92. The van der Waals surface area contributed by atoms with E-state index >= 15 is 0 Å². The van der Waals surface area contributed by atoms with Crippen molar-refractivity contribution in [2.45, 2.75) is 58.4 Å². The molecule has 1 aliphatic carbocycles. The molecular formula is C17H29N4O+. The summed E-state index contributed by atoms with van der Waals surface area (Å²) < 4.78 is 1.83. The number of hydrogen-bond donors (Lipinski definition) is 2. The van der Waals surface area contributed by atoms with Gasteiger partial charge in [0.15, 0.2) is 6.54 Å². The number of anilines is 1. The predicted molar refractivity (Wildman–Crippen MR) is 87.0 cm³/mol. The van der Waals surface area contributed by atoms with Crippen molar-refractivity contribution in [1.29, 1.82) is 0 Å². The average Bonchev–Trinajstić information content (AvgIpc) is 2.74. The molecule has 0 aromatic carbocycles. The van der Waals surface area contributed by atoms with Crippen LogP contribution in [0.5, 0.6) is 0 Å². The molecule has 122 valence electrons. The van der Waals surface area contributed by atoms with Crippen LogP contribution in [-0.2, 0) is 11.8 Å². The summed E-state index contributed by atoms with van der Waals surface area (Å²) in [6.45, 7) is 5.71. The van der Waals surface area contributed by atoms with Gasteiger partial charge in [0.1, 0.15) is 0 Å². The van der Waals surface area contributed by atoms with Gasteiger partial charge in [-0.1, -0.05) is 6.42 Å². The molecule has 2 fully saturated rings. The third-order valence-corrected chi connectivity index (χ3v) is 5.67. The van der Waals surface area contributed by atoms with Crippen LogP contribution in [-0.4, -0.2) is 34.8 Å². The van der Waals surface area contributed by atoms with E-state index in [1.807, 2.05) is 25.6 Å². The van der Waals surface area contributed by atoms with E-state index in [0.717, 1.165) is 29.5 Å². The Labute approximate surface area is 133 Å². The van der Waals surface area contributed by atoms with Gasteiger partial charge in [0.2, 0.25) is 0 Å². The number of carbonyl (C=O) groups is 1. The Morgan fingerprint density at radius 2 is 2.00 bits per heavy atom. The summed E-state index contributed by atoms with van der Waals surface area (Å²) in [6, 6.07) is 0.712. The van der Waals surface area contributed by atoms with Crippen molar-refractivity contribution in [3.8, 4) is 0 Å². The van der Waals surface area contributed by atoms with Crippen LogP contribution in [0.2, 0.25) is 0 Å². The maximum absolute atomic E-state index is 12.5. The molecule has 1 aromatic heterocycles. The summed E-state index contributed by atoms with van der Waals surface area (Å²) in [5, 5.41) is 7.47. The van der Waals surface area contributed by atoms with Gasteiger partial charge in [0, 0.05) is 13.0 Å². The number of quaternary nitrogens is 1. The largest absolute Gasteiger partial charge is 0.324 e. The zero-order valence-corrected chi connectivity index (χ0v) is 14.1. The second kappa shape index (κ2) is 6.41. The minimum atomic E-state index is 0.139. The normalized spacial score (nSPS) is 28.2. The third-order valence-electron chi connectivity index (χ3n) is 5.67. The molecule has 0 bridgehead atoms. The number of hydrogen-bond acceptors (Lipinski definition) is 2. The summed E-state index contributed by atoms with van der Waals surface area (Å²) in [4.78, 5) is 14.0. The molecule has 0 radical (unpaired) electrons. The summed E-state index contributed by atoms with van der Waals surface area (Å²) >= 11 is 0. The lowest BCUT2D eigenvalue weighted by Crippen LogP contribution is -3.18. The maximum Gasteiger partial charge on any atom is 0.279 e. The maximum atomic E-state index is 12.5. The zero-order chi connectivity index (χ0) is 15.7. The van der Waals surface area contributed by atoms with Crippen LogP contribution in [0.1, 0.15) is 49.9 Å². The van der Waals surface area contributed by atoms with Crippen LogP contribution in [0.25, 0.3) is 0 Å². The van der Waals surface area contributed by atoms with Crippen molar-refractivity contribution in [3.63, 3.8) is 0 Å². The number of aryl methyl sites for hydroxylation is 2. The van der Waals surface area contributed by atoms with E-state index in [-0.39, 0.29) is 5.91 Å². The lowest BCUT2D eigenvalue weighted by atomic mass is 9.78. The molecule has 3 rings (SSSR count). The standard InChI is InChI=1S/C17H28N4O/c1-12-17(13(2)20(3)19-12)18-16(22)11-21-10-6-8-14-7-4-5-9-15(14)21/h14-15H,4-11H2,1-3H3,(H,18,22)/p+1/t14-,15+/m1/s1. The average molecular weight is 305 g/mol. The van der Waals surface area contributed by atoms with Gasteiger partial charge in [-0.15, -0.1) is 0 Å². The Morgan fingerprint density at radius 1 is 1.27 bits per heavy atom. The second-order valence-corrected chi connectivity index (χ2v) is 7.10. The van der Waals surface area contributed by atoms with Crippen LogP contribution in [0.15, 0.2) is 0 Å². The molecule has 22 heavy (non-hydrogen) atoms. The smallest absolute Gasteiger partial charge is 0.279 e. The number of nitrogens with zero attached hydrogens (tertiary/aromatic N) is 2. The fourth-order valence-electron chi connectivity index (χ4n) is 4.43. The Bertz CT molecular complexity index is 549. The molecule has 1 aliphatic heterocycles. The van der Waals surface area contributed by atoms with Gasteiger partial charge in [0.05, 0.1) is 29.7 Å². The van der Waals surface area contributed by atoms with Gasteiger partial charge in [-0.2, -0.15) is 5.10 Å². The highest BCUT2D eigenvalue weighted by Crippen LogP contribution is 2.28. The van der Waals surface area contributed by atoms with Crippen LogP contribution in [0.3, 0.4) is 0 Å². The topological polar surface area (TPSA) is 51.4 Å². The fraction of sp³-hybridized carbons (Fsp3) is 0.765. The van der Waals surface area contributed by atoms with Crippen LogP contribution in [0.4, 0.5) is 5.69 Å². The molecule has 5 nitrogen and oxygen atoms in total. The predicted octanol–water partition coefficient (Wildman–Crippen LogP) is 1.21. The third kappa shape index (κ3) is 3.05. The number of amides is 1. The van der Waals surface area contributed by atoms with E-state index in [1.54, 1.807) is 0 Å². The van der Waals surface area contributed by atoms with Crippen molar-refractivity contribution < 1.29 is 9.69 Å². The van der Waals surface area contributed by atoms with E-state index in [4.69, 9.17) is 0 Å². The van der Waals surface area contributed by atoms with Crippen LogP contribution in [0, 0.1) is 19.8 Å². The van der Waals surface area contributed by atoms with Gasteiger partial charge in [-0.05, 0) is 46.0 Å². The first-order chi connectivity index (χ1) is 10.6. The molecule has 5 heteroatoms. The SMILES string of the molecule is Cc1nn(C)c(C)c1NC(=O)C[NH+]1CCC[C@H]2CCCC[C@@H]21. The first-order valence-corrected chi connectivity index (χ1v) is 8.71. The number of aromatic nitrogens is 2. The highest BCUT2D eigenvalue weighted by atomic mass is 16.2. The molecule has 2 heterocycles. The van der Waals surface area contributed by atoms with Crippen molar-refractivity contribution in [3.05, 3.63) is 11.4 Å². The Balaban J connectivity index is 1.63. The van der Waals surface area contributed by atoms with E-state index in [0.29, 0.717) is 12.6 Å². The minimum absolute atomic E-state index is 0.139. The quantitative estimate of drug-likeness (QED) is 0.882. The molecular weight excluding hydrogens is 276 g/mol. The van der Waals surface area contributed by atoms with Gasteiger partial charge in [-0.3, -0.25) is 9.48 Å². The van der Waals surface area contributed by atoms with E-state index in [1.165, 1.54) is 43.4 Å². The molecule has 1 saturated heterocycles. The van der Waals surface area contributed by atoms with Crippen LogP contribution >= 0.6 is 0 Å². The van der Waals surface area contributed by atoms with E-state index in [9.17, 15) is 4.79 Å². The molecule has 2 N–H and O–H groups in total. The first-order valence-electron chi connectivity index (χ1n) is 8.71. The number of fused-ring (bicyclic) bond motifs is 1. The Kier molecular flexibility index (Phi) is 4.52. The van der Waals surface area contributed by atoms with Crippen molar-refractivity contribution in [1.82, 2.24) is 9.78 Å². The number of piperidine rings is 1. The molecule has 1 amide bonds. The van der Waals surface area contributed by atoms with Crippen LogP contribution < -0.4 is 10.2 Å². The molecule has 2 aliphatic rings. The summed E-state index contributed by atoms with van der Waals surface area (Å²) in [6.07, 6.45) is 8.04. The number of carbonyl (C=O) groups excluding carboxylic acids is 1. The zero-order valence-electron chi connectivity index (χ0n) is 14.1. The lowest BCUT2D eigenvalue weighted by Gasteiger charge is -2.40. The fourth-order valence-corrected chi connectivity index (χ4v) is 4.43. The number of nitrogens with one attached hydrogen (secondary N) is 2. The van der Waals surface area contributed by atoms with E-state index < -0.39 is 0 Å². The highest BCUT2D eigenvalue weighted by Gasteiger charge is 2.37. The van der Waals surface area contributed by atoms with Gasteiger partial charge in [0.25, 0.3) is 5.91 Å². The Hall–Kier alpha value is -1.36. The lowest BCUT2D eigenvalue weighted by molar-refractivity contribution is -0.928. The summed E-state index contributed by atoms with van der Waals surface area (Å²) in [5.41, 5.74) is 2.82. The molecule has 0 spiro atoms.